The molecule has 0 unspecified atom stereocenters. The molecule has 0 spiro atoms. The summed E-state index contributed by atoms with van der Waals surface area (Å²) < 4.78 is 28.0. The van der Waals surface area contributed by atoms with Crippen LogP contribution in [0, 0.1) is 0 Å². The average Bonchev–Trinajstić information content (AvgIpc) is 3.12. The van der Waals surface area contributed by atoms with Crippen LogP contribution in [-0.2, 0) is 10.0 Å². The minimum absolute atomic E-state index is 0.287. The van der Waals surface area contributed by atoms with Gasteiger partial charge in [0.25, 0.3) is 0 Å². The van der Waals surface area contributed by atoms with Gasteiger partial charge in [0.2, 0.25) is 10.0 Å². The average molecular weight is 390 g/mol. The van der Waals surface area contributed by atoms with Gasteiger partial charge < -0.3 is 0 Å². The number of halogens is 1. The fraction of sp³-hybridized carbons (Fsp3) is 0.158. The summed E-state index contributed by atoms with van der Waals surface area (Å²) in [5, 5.41) is 2.26. The number of nitrogens with zero attached hydrogens (tertiary/aromatic N) is 1. The van der Waals surface area contributed by atoms with E-state index in [9.17, 15) is 8.42 Å². The maximum atomic E-state index is 13.2. The molecule has 1 atom stereocenters. The molecular weight excluding hydrogens is 374 g/mol. The highest BCUT2D eigenvalue weighted by molar-refractivity contribution is 8.01. The summed E-state index contributed by atoms with van der Waals surface area (Å²) >= 11 is 7.91. The molecule has 25 heavy (non-hydrogen) atoms. The van der Waals surface area contributed by atoms with Gasteiger partial charge in [-0.05, 0) is 34.5 Å². The van der Waals surface area contributed by atoms with Crippen molar-refractivity contribution in [2.75, 3.05) is 12.3 Å². The topological polar surface area (TPSA) is 37.4 Å². The van der Waals surface area contributed by atoms with Crippen LogP contribution in [0.25, 0.3) is 10.8 Å². The summed E-state index contributed by atoms with van der Waals surface area (Å²) in [4.78, 5) is 0.325. The summed E-state index contributed by atoms with van der Waals surface area (Å²) in [6.45, 7) is 0.482. The number of hydrogen-bond donors (Lipinski definition) is 0. The Hall–Kier alpha value is -1.53. The van der Waals surface area contributed by atoms with E-state index in [2.05, 4.69) is 0 Å². The van der Waals surface area contributed by atoms with E-state index in [0.717, 1.165) is 22.1 Å². The number of hydrogen-bond acceptors (Lipinski definition) is 3. The zero-order valence-electron chi connectivity index (χ0n) is 13.3. The lowest BCUT2D eigenvalue weighted by atomic mass is 10.1. The molecule has 3 nitrogen and oxygen atoms in total. The van der Waals surface area contributed by atoms with Crippen molar-refractivity contribution in [1.29, 1.82) is 0 Å². The van der Waals surface area contributed by atoms with Gasteiger partial charge >= 0.3 is 0 Å². The van der Waals surface area contributed by atoms with E-state index in [4.69, 9.17) is 11.6 Å². The van der Waals surface area contributed by atoms with Crippen molar-refractivity contribution in [3.05, 3.63) is 77.3 Å². The molecule has 1 aliphatic heterocycles. The molecule has 0 amide bonds. The minimum Gasteiger partial charge on any atom is -0.207 e. The summed E-state index contributed by atoms with van der Waals surface area (Å²) in [6.07, 6.45) is 0. The third kappa shape index (κ3) is 3.06. The van der Waals surface area contributed by atoms with Gasteiger partial charge in [-0.15, -0.1) is 11.8 Å². The van der Waals surface area contributed by atoms with Crippen molar-refractivity contribution in [1.82, 2.24) is 4.31 Å². The quantitative estimate of drug-likeness (QED) is 0.637. The van der Waals surface area contributed by atoms with Crippen molar-refractivity contribution in [2.24, 2.45) is 0 Å². The zero-order valence-corrected chi connectivity index (χ0v) is 15.7. The van der Waals surface area contributed by atoms with E-state index >= 15 is 0 Å². The van der Waals surface area contributed by atoms with Crippen molar-refractivity contribution in [3.63, 3.8) is 0 Å². The Bertz CT molecular complexity index is 1040. The highest BCUT2D eigenvalue weighted by Gasteiger charge is 2.37. The molecule has 0 bridgehead atoms. The minimum atomic E-state index is -3.59. The molecule has 3 aromatic carbocycles. The predicted molar refractivity (Wildman–Crippen MR) is 104 cm³/mol. The van der Waals surface area contributed by atoms with Crippen LogP contribution in [0.2, 0.25) is 5.02 Å². The van der Waals surface area contributed by atoms with Crippen molar-refractivity contribution < 1.29 is 8.42 Å². The Labute approximate surface area is 156 Å². The number of fused-ring (bicyclic) bond motifs is 1. The molecule has 3 aromatic rings. The first-order valence-corrected chi connectivity index (χ1v) is 10.8. The first-order valence-electron chi connectivity index (χ1n) is 7.94. The molecule has 1 saturated heterocycles. The van der Waals surface area contributed by atoms with Crippen LogP contribution in [0.5, 0.6) is 0 Å². The number of rotatable bonds is 3. The van der Waals surface area contributed by atoms with Crippen molar-refractivity contribution in [3.8, 4) is 0 Å². The van der Waals surface area contributed by atoms with E-state index in [1.807, 2.05) is 48.5 Å². The molecule has 1 aliphatic rings. The molecule has 1 heterocycles. The summed E-state index contributed by atoms with van der Waals surface area (Å²) in [7, 11) is -3.59. The third-order valence-electron chi connectivity index (χ3n) is 4.35. The molecule has 0 aromatic heterocycles. The third-order valence-corrected chi connectivity index (χ3v) is 7.93. The summed E-state index contributed by atoms with van der Waals surface area (Å²) in [6, 6.07) is 20.5. The molecule has 0 radical (unpaired) electrons. The first kappa shape index (κ1) is 16.9. The van der Waals surface area contributed by atoms with Gasteiger partial charge in [-0.3, -0.25) is 0 Å². The Balaban J connectivity index is 1.76. The highest BCUT2D eigenvalue weighted by Crippen LogP contribution is 2.43. The van der Waals surface area contributed by atoms with Gasteiger partial charge in [-0.1, -0.05) is 60.1 Å². The zero-order chi connectivity index (χ0) is 17.4. The van der Waals surface area contributed by atoms with Crippen LogP contribution in [0.3, 0.4) is 0 Å². The molecular formula is C19H16ClNO2S2. The fourth-order valence-electron chi connectivity index (χ4n) is 3.08. The normalized spacial score (nSPS) is 18.7. The summed E-state index contributed by atoms with van der Waals surface area (Å²) in [5.41, 5.74) is 0.844. The van der Waals surface area contributed by atoms with Gasteiger partial charge in [0.1, 0.15) is 0 Å². The first-order chi connectivity index (χ1) is 12.1. The lowest BCUT2D eigenvalue weighted by molar-refractivity contribution is 0.434. The van der Waals surface area contributed by atoms with E-state index in [1.165, 1.54) is 0 Å². The molecule has 0 N–H and O–H groups in total. The molecule has 0 aliphatic carbocycles. The van der Waals surface area contributed by atoms with Crippen molar-refractivity contribution >= 4 is 44.2 Å². The van der Waals surface area contributed by atoms with Crippen LogP contribution in [0.1, 0.15) is 10.9 Å². The van der Waals surface area contributed by atoms with Gasteiger partial charge in [0.15, 0.2) is 0 Å². The smallest absolute Gasteiger partial charge is 0.207 e. The molecule has 1 fully saturated rings. The highest BCUT2D eigenvalue weighted by atomic mass is 35.5. The SMILES string of the molecule is O=S(=O)(c1ccc2ccccc2c1)N1CCS[C@H]1c1ccccc1Cl. The fourth-order valence-corrected chi connectivity index (χ4v) is 6.69. The van der Waals surface area contributed by atoms with Gasteiger partial charge in [0.05, 0.1) is 10.3 Å². The second-order valence-electron chi connectivity index (χ2n) is 5.87. The molecule has 6 heteroatoms. The van der Waals surface area contributed by atoms with E-state index in [-0.39, 0.29) is 5.37 Å². The molecule has 0 saturated carbocycles. The Kier molecular flexibility index (Phi) is 4.50. The summed E-state index contributed by atoms with van der Waals surface area (Å²) in [5.74, 6) is 0.753. The Morgan fingerprint density at radius 2 is 1.68 bits per heavy atom. The standard InChI is InChI=1S/C19H16ClNO2S2/c20-18-8-4-3-7-17(18)19-21(11-12-24-19)25(22,23)16-10-9-14-5-1-2-6-15(14)13-16/h1-10,13,19H,11-12H2/t19-/m0/s1. The second kappa shape index (κ2) is 6.65. The van der Waals surface area contributed by atoms with E-state index in [0.29, 0.717) is 16.5 Å². The number of benzene rings is 3. The van der Waals surface area contributed by atoms with Crippen LogP contribution >= 0.6 is 23.4 Å². The molecule has 128 valence electrons. The van der Waals surface area contributed by atoms with Crippen LogP contribution in [-0.4, -0.2) is 25.0 Å². The lowest BCUT2D eigenvalue weighted by Crippen LogP contribution is -2.30. The van der Waals surface area contributed by atoms with Gasteiger partial charge in [0, 0.05) is 17.3 Å². The largest absolute Gasteiger partial charge is 0.244 e. The van der Waals surface area contributed by atoms with Crippen molar-refractivity contribution in [2.45, 2.75) is 10.3 Å². The second-order valence-corrected chi connectivity index (χ2v) is 9.36. The van der Waals surface area contributed by atoms with Crippen LogP contribution in [0.4, 0.5) is 0 Å². The number of sulfonamides is 1. The Morgan fingerprint density at radius 1 is 0.960 bits per heavy atom. The van der Waals surface area contributed by atoms with E-state index in [1.54, 1.807) is 34.3 Å². The van der Waals surface area contributed by atoms with Gasteiger partial charge in [-0.25, -0.2) is 8.42 Å². The number of thioether (sulfide) groups is 1. The molecule has 4 rings (SSSR count). The monoisotopic (exact) mass is 389 g/mol. The predicted octanol–water partition coefficient (Wildman–Crippen LogP) is 4.93. The van der Waals surface area contributed by atoms with Gasteiger partial charge in [-0.2, -0.15) is 4.31 Å². The maximum Gasteiger partial charge on any atom is 0.244 e. The lowest BCUT2D eigenvalue weighted by Gasteiger charge is -2.24. The van der Waals surface area contributed by atoms with Crippen LogP contribution in [0.15, 0.2) is 71.6 Å². The Morgan fingerprint density at radius 3 is 2.48 bits per heavy atom. The maximum absolute atomic E-state index is 13.2. The van der Waals surface area contributed by atoms with E-state index < -0.39 is 10.0 Å². The van der Waals surface area contributed by atoms with Crippen LogP contribution < -0.4 is 0 Å².